The van der Waals surface area contributed by atoms with Crippen LogP contribution in [-0.4, -0.2) is 15.4 Å². The van der Waals surface area contributed by atoms with E-state index in [0.29, 0.717) is 5.92 Å². The van der Waals surface area contributed by atoms with Gasteiger partial charge in [0.1, 0.15) is 11.5 Å². The van der Waals surface area contributed by atoms with E-state index in [0.717, 1.165) is 17.0 Å². The monoisotopic (exact) mass is 187 g/mol. The highest BCUT2D eigenvalue weighted by Gasteiger charge is 2.27. The summed E-state index contributed by atoms with van der Waals surface area (Å²) in [7, 11) is 0. The number of hydrogen-bond donors (Lipinski definition) is 0. The van der Waals surface area contributed by atoms with Gasteiger partial charge in [-0.05, 0) is 18.9 Å². The predicted molar refractivity (Wildman–Crippen MR) is 49.5 cm³/mol. The molecule has 2 heterocycles. The number of hydrogen-bond acceptors (Lipinski definition) is 4. The van der Waals surface area contributed by atoms with Gasteiger partial charge in [0, 0.05) is 17.5 Å². The molecule has 14 heavy (non-hydrogen) atoms. The lowest BCUT2D eigenvalue weighted by Gasteiger charge is -1.89. The maximum absolute atomic E-state index is 5.24. The Hall–Kier alpha value is -1.71. The molecule has 0 spiro atoms. The quantitative estimate of drug-likeness (QED) is 0.721. The maximum atomic E-state index is 5.24. The number of aromatic nitrogens is 3. The van der Waals surface area contributed by atoms with Crippen molar-refractivity contribution in [3.63, 3.8) is 0 Å². The van der Waals surface area contributed by atoms with Crippen LogP contribution in [-0.2, 0) is 0 Å². The van der Waals surface area contributed by atoms with Crippen LogP contribution in [0.3, 0.4) is 0 Å². The molecule has 0 aromatic carbocycles. The van der Waals surface area contributed by atoms with Gasteiger partial charge in [0.25, 0.3) is 0 Å². The van der Waals surface area contributed by atoms with Crippen LogP contribution in [0.25, 0.3) is 11.3 Å². The second kappa shape index (κ2) is 2.90. The van der Waals surface area contributed by atoms with Crippen molar-refractivity contribution in [2.24, 2.45) is 0 Å². The summed E-state index contributed by atoms with van der Waals surface area (Å²) in [5, 5.41) is 11.5. The molecule has 2 aromatic heterocycles. The third-order valence-electron chi connectivity index (χ3n) is 2.39. The topological polar surface area (TPSA) is 51.8 Å². The van der Waals surface area contributed by atoms with Crippen molar-refractivity contribution in [1.29, 1.82) is 0 Å². The SMILES string of the molecule is c1cc(-c2cc(C3CC3)on2)cnn1. The summed E-state index contributed by atoms with van der Waals surface area (Å²) >= 11 is 0. The molecule has 1 fully saturated rings. The van der Waals surface area contributed by atoms with E-state index in [9.17, 15) is 0 Å². The summed E-state index contributed by atoms with van der Waals surface area (Å²) in [5.74, 6) is 1.60. The van der Waals surface area contributed by atoms with Gasteiger partial charge in [-0.15, -0.1) is 0 Å². The van der Waals surface area contributed by atoms with E-state index in [1.165, 1.54) is 12.8 Å². The standard InChI is InChI=1S/C10H9N3O/c1-2-7(1)10-5-9(13-14-10)8-3-4-11-12-6-8/h3-7H,1-2H2. The number of rotatable bonds is 2. The minimum absolute atomic E-state index is 0.603. The molecule has 0 aliphatic heterocycles. The van der Waals surface area contributed by atoms with Crippen molar-refractivity contribution in [2.75, 3.05) is 0 Å². The van der Waals surface area contributed by atoms with Crippen molar-refractivity contribution in [2.45, 2.75) is 18.8 Å². The van der Waals surface area contributed by atoms with Crippen LogP contribution in [0.4, 0.5) is 0 Å². The zero-order chi connectivity index (χ0) is 9.38. The molecule has 0 amide bonds. The maximum Gasteiger partial charge on any atom is 0.140 e. The van der Waals surface area contributed by atoms with Crippen LogP contribution >= 0.6 is 0 Å². The fourth-order valence-electron chi connectivity index (χ4n) is 1.43. The second-order valence-electron chi connectivity index (χ2n) is 3.52. The third-order valence-corrected chi connectivity index (χ3v) is 2.39. The molecular weight excluding hydrogens is 178 g/mol. The molecule has 0 radical (unpaired) electrons. The van der Waals surface area contributed by atoms with Gasteiger partial charge in [0.2, 0.25) is 0 Å². The molecule has 70 valence electrons. The molecule has 0 N–H and O–H groups in total. The van der Waals surface area contributed by atoms with E-state index in [2.05, 4.69) is 15.4 Å². The van der Waals surface area contributed by atoms with E-state index in [1.807, 2.05) is 12.1 Å². The van der Waals surface area contributed by atoms with Gasteiger partial charge in [0.15, 0.2) is 0 Å². The molecule has 0 atom stereocenters. The predicted octanol–water partition coefficient (Wildman–Crippen LogP) is 2.01. The van der Waals surface area contributed by atoms with Crippen molar-refractivity contribution in [3.05, 3.63) is 30.3 Å². The molecule has 1 saturated carbocycles. The second-order valence-corrected chi connectivity index (χ2v) is 3.52. The molecule has 2 aromatic rings. The van der Waals surface area contributed by atoms with Crippen LogP contribution in [0, 0.1) is 0 Å². The molecule has 1 aliphatic rings. The average Bonchev–Trinajstić information content (AvgIpc) is 2.98. The molecule has 0 unspecified atom stereocenters. The fourth-order valence-corrected chi connectivity index (χ4v) is 1.43. The van der Waals surface area contributed by atoms with Crippen molar-refractivity contribution < 1.29 is 4.52 Å². The Balaban J connectivity index is 1.96. The summed E-state index contributed by atoms with van der Waals surface area (Å²) in [6.07, 6.45) is 5.79. The van der Waals surface area contributed by atoms with Gasteiger partial charge in [0.05, 0.1) is 12.4 Å². The van der Waals surface area contributed by atoms with Crippen LogP contribution in [0.2, 0.25) is 0 Å². The summed E-state index contributed by atoms with van der Waals surface area (Å²) in [5.41, 5.74) is 1.80. The van der Waals surface area contributed by atoms with Gasteiger partial charge in [-0.1, -0.05) is 5.16 Å². The Kier molecular flexibility index (Phi) is 1.59. The first-order valence-electron chi connectivity index (χ1n) is 4.67. The van der Waals surface area contributed by atoms with Gasteiger partial charge in [-0.2, -0.15) is 10.2 Å². The highest BCUT2D eigenvalue weighted by atomic mass is 16.5. The van der Waals surface area contributed by atoms with E-state index < -0.39 is 0 Å². The summed E-state index contributed by atoms with van der Waals surface area (Å²) in [6, 6.07) is 3.87. The van der Waals surface area contributed by atoms with E-state index >= 15 is 0 Å². The molecule has 4 heteroatoms. The highest BCUT2D eigenvalue weighted by Crippen LogP contribution is 2.41. The minimum atomic E-state index is 0.603. The molecular formula is C10H9N3O. The Bertz CT molecular complexity index is 434. The van der Waals surface area contributed by atoms with Crippen LogP contribution in [0.1, 0.15) is 24.5 Å². The Morgan fingerprint density at radius 3 is 2.93 bits per heavy atom. The van der Waals surface area contributed by atoms with Crippen LogP contribution in [0.15, 0.2) is 29.0 Å². The minimum Gasteiger partial charge on any atom is -0.360 e. The summed E-state index contributed by atoms with van der Waals surface area (Å²) in [6.45, 7) is 0. The van der Waals surface area contributed by atoms with Gasteiger partial charge >= 0.3 is 0 Å². The first kappa shape index (κ1) is 7.67. The zero-order valence-electron chi connectivity index (χ0n) is 7.55. The van der Waals surface area contributed by atoms with Gasteiger partial charge < -0.3 is 4.52 Å². The van der Waals surface area contributed by atoms with Crippen molar-refractivity contribution >= 4 is 0 Å². The van der Waals surface area contributed by atoms with Crippen molar-refractivity contribution in [3.8, 4) is 11.3 Å². The lowest BCUT2D eigenvalue weighted by Crippen LogP contribution is -1.81. The van der Waals surface area contributed by atoms with Gasteiger partial charge in [-0.3, -0.25) is 0 Å². The first-order chi connectivity index (χ1) is 6.93. The first-order valence-corrected chi connectivity index (χ1v) is 4.67. The Morgan fingerprint density at radius 2 is 2.21 bits per heavy atom. The zero-order valence-corrected chi connectivity index (χ0v) is 7.55. The number of nitrogens with zero attached hydrogens (tertiary/aromatic N) is 3. The summed E-state index contributed by atoms with van der Waals surface area (Å²) in [4.78, 5) is 0. The van der Waals surface area contributed by atoms with Crippen LogP contribution in [0.5, 0.6) is 0 Å². The fraction of sp³-hybridized carbons (Fsp3) is 0.300. The molecule has 0 bridgehead atoms. The summed E-state index contributed by atoms with van der Waals surface area (Å²) < 4.78 is 5.24. The van der Waals surface area contributed by atoms with E-state index in [1.54, 1.807) is 12.4 Å². The highest BCUT2D eigenvalue weighted by molar-refractivity contribution is 5.56. The normalized spacial score (nSPS) is 15.7. The third kappa shape index (κ3) is 1.28. The largest absolute Gasteiger partial charge is 0.360 e. The lowest BCUT2D eigenvalue weighted by atomic mass is 10.2. The smallest absolute Gasteiger partial charge is 0.140 e. The van der Waals surface area contributed by atoms with Gasteiger partial charge in [-0.25, -0.2) is 0 Å². The molecule has 3 rings (SSSR count). The Morgan fingerprint density at radius 1 is 1.29 bits per heavy atom. The van der Waals surface area contributed by atoms with Crippen LogP contribution < -0.4 is 0 Å². The molecule has 4 nitrogen and oxygen atoms in total. The average molecular weight is 187 g/mol. The lowest BCUT2D eigenvalue weighted by molar-refractivity contribution is 0.386. The van der Waals surface area contributed by atoms with Crippen molar-refractivity contribution in [1.82, 2.24) is 15.4 Å². The molecule has 1 aliphatic carbocycles. The van der Waals surface area contributed by atoms with E-state index in [-0.39, 0.29) is 0 Å². The Labute approximate surface area is 81.0 Å². The molecule has 0 saturated heterocycles. The van der Waals surface area contributed by atoms with E-state index in [4.69, 9.17) is 4.52 Å².